The summed E-state index contributed by atoms with van der Waals surface area (Å²) in [5.74, 6) is -0.418. The first-order chi connectivity index (χ1) is 10.7. The lowest BCUT2D eigenvalue weighted by atomic mass is 10.2. The molecule has 1 aromatic heterocycles. The highest BCUT2D eigenvalue weighted by atomic mass is 32.2. The van der Waals surface area contributed by atoms with Crippen LogP contribution in [0.4, 0.5) is 4.39 Å². The van der Waals surface area contributed by atoms with Gasteiger partial charge in [-0.25, -0.2) is 17.5 Å². The van der Waals surface area contributed by atoms with E-state index in [4.69, 9.17) is 0 Å². The van der Waals surface area contributed by atoms with Crippen LogP contribution in [0.1, 0.15) is 17.3 Å². The summed E-state index contributed by atoms with van der Waals surface area (Å²) in [4.78, 5) is 2.02. The number of rotatable bonds is 6. The van der Waals surface area contributed by atoms with E-state index in [0.717, 1.165) is 5.69 Å². The smallest absolute Gasteiger partial charge is 0.240 e. The molecule has 0 amide bonds. The summed E-state index contributed by atoms with van der Waals surface area (Å²) in [6, 6.07) is 7.56. The topological polar surface area (TPSA) is 54.3 Å². The SMILES string of the molecule is Cc1cc(S(=O)(=O)NCC(c2cccn2C)N(C)C)ccc1F. The van der Waals surface area contributed by atoms with Gasteiger partial charge in [-0.15, -0.1) is 0 Å². The third-order valence-electron chi connectivity index (χ3n) is 3.86. The molecule has 0 spiro atoms. The van der Waals surface area contributed by atoms with Gasteiger partial charge in [-0.3, -0.25) is 4.90 Å². The highest BCUT2D eigenvalue weighted by Gasteiger charge is 2.21. The van der Waals surface area contributed by atoms with Crippen molar-refractivity contribution in [2.24, 2.45) is 7.05 Å². The Labute approximate surface area is 136 Å². The van der Waals surface area contributed by atoms with Crippen LogP contribution in [0, 0.1) is 12.7 Å². The van der Waals surface area contributed by atoms with E-state index in [1.54, 1.807) is 6.92 Å². The van der Waals surface area contributed by atoms with Crippen molar-refractivity contribution in [2.75, 3.05) is 20.6 Å². The number of sulfonamides is 1. The molecule has 0 saturated heterocycles. The fourth-order valence-electron chi connectivity index (χ4n) is 2.43. The van der Waals surface area contributed by atoms with Crippen molar-refractivity contribution in [3.8, 4) is 0 Å². The summed E-state index contributed by atoms with van der Waals surface area (Å²) >= 11 is 0. The van der Waals surface area contributed by atoms with Crippen LogP contribution in [0.25, 0.3) is 0 Å². The fraction of sp³-hybridized carbons (Fsp3) is 0.375. The number of nitrogens with zero attached hydrogens (tertiary/aromatic N) is 2. The van der Waals surface area contributed by atoms with E-state index in [9.17, 15) is 12.8 Å². The zero-order chi connectivity index (χ0) is 17.2. The second-order valence-electron chi connectivity index (χ2n) is 5.79. The van der Waals surface area contributed by atoms with E-state index >= 15 is 0 Å². The van der Waals surface area contributed by atoms with Gasteiger partial charge in [0.2, 0.25) is 10.0 Å². The molecule has 0 aliphatic heterocycles. The van der Waals surface area contributed by atoms with Crippen LogP contribution in [0.5, 0.6) is 0 Å². The number of nitrogens with one attached hydrogen (secondary N) is 1. The molecule has 2 aromatic rings. The van der Waals surface area contributed by atoms with Crippen molar-refractivity contribution in [1.29, 1.82) is 0 Å². The lowest BCUT2D eigenvalue weighted by Crippen LogP contribution is -2.35. The molecule has 1 atom stereocenters. The minimum atomic E-state index is -3.68. The molecule has 0 fully saturated rings. The summed E-state index contributed by atoms with van der Waals surface area (Å²) < 4.78 is 42.7. The van der Waals surface area contributed by atoms with Gasteiger partial charge in [0.1, 0.15) is 5.82 Å². The molecule has 1 aromatic carbocycles. The molecule has 0 aliphatic carbocycles. The molecule has 0 radical (unpaired) electrons. The van der Waals surface area contributed by atoms with E-state index in [0.29, 0.717) is 5.56 Å². The van der Waals surface area contributed by atoms with Gasteiger partial charge in [-0.2, -0.15) is 0 Å². The van der Waals surface area contributed by atoms with Crippen LogP contribution in [0.3, 0.4) is 0 Å². The lowest BCUT2D eigenvalue weighted by molar-refractivity contribution is 0.289. The van der Waals surface area contributed by atoms with Crippen molar-refractivity contribution in [3.63, 3.8) is 0 Å². The second-order valence-corrected chi connectivity index (χ2v) is 7.55. The highest BCUT2D eigenvalue weighted by Crippen LogP contribution is 2.19. The third-order valence-corrected chi connectivity index (χ3v) is 5.28. The van der Waals surface area contributed by atoms with Crippen molar-refractivity contribution in [2.45, 2.75) is 17.9 Å². The number of hydrogen-bond acceptors (Lipinski definition) is 3. The van der Waals surface area contributed by atoms with Gasteiger partial charge in [-0.1, -0.05) is 0 Å². The summed E-state index contributed by atoms with van der Waals surface area (Å²) in [6.45, 7) is 1.77. The van der Waals surface area contributed by atoms with Gasteiger partial charge in [-0.05, 0) is 56.9 Å². The zero-order valence-corrected chi connectivity index (χ0v) is 14.6. The largest absolute Gasteiger partial charge is 0.353 e. The number of likely N-dealkylation sites (N-methyl/N-ethyl adjacent to an activating group) is 1. The maximum absolute atomic E-state index is 13.3. The lowest BCUT2D eigenvalue weighted by Gasteiger charge is -2.25. The molecule has 7 heteroatoms. The predicted octanol–water partition coefficient (Wildman–Crippen LogP) is 2.05. The Bertz CT molecular complexity index is 784. The van der Waals surface area contributed by atoms with Crippen LogP contribution >= 0.6 is 0 Å². The van der Waals surface area contributed by atoms with Crippen molar-refractivity contribution in [1.82, 2.24) is 14.2 Å². The minimum Gasteiger partial charge on any atom is -0.353 e. The molecule has 2 rings (SSSR count). The fourth-order valence-corrected chi connectivity index (χ4v) is 3.55. The molecular weight excluding hydrogens is 317 g/mol. The van der Waals surface area contributed by atoms with Gasteiger partial charge in [0.05, 0.1) is 10.9 Å². The number of halogens is 1. The molecule has 0 aliphatic rings. The number of hydrogen-bond donors (Lipinski definition) is 1. The van der Waals surface area contributed by atoms with Gasteiger partial charge in [0.15, 0.2) is 0 Å². The molecule has 23 heavy (non-hydrogen) atoms. The van der Waals surface area contributed by atoms with Crippen LogP contribution in [-0.4, -0.2) is 38.5 Å². The molecule has 1 unspecified atom stereocenters. The second kappa shape index (κ2) is 6.82. The van der Waals surface area contributed by atoms with E-state index < -0.39 is 15.8 Å². The van der Waals surface area contributed by atoms with E-state index in [2.05, 4.69) is 4.72 Å². The molecule has 1 N–H and O–H groups in total. The van der Waals surface area contributed by atoms with E-state index in [1.807, 2.05) is 48.9 Å². The Morgan fingerprint density at radius 3 is 2.52 bits per heavy atom. The molecule has 5 nitrogen and oxygen atoms in total. The Balaban J connectivity index is 2.19. The Kier molecular flexibility index (Phi) is 5.23. The quantitative estimate of drug-likeness (QED) is 0.876. The van der Waals surface area contributed by atoms with Crippen LogP contribution < -0.4 is 4.72 Å². The number of benzene rings is 1. The number of aryl methyl sites for hydroxylation is 2. The predicted molar refractivity (Wildman–Crippen MR) is 88.2 cm³/mol. The average Bonchev–Trinajstić information content (AvgIpc) is 2.88. The van der Waals surface area contributed by atoms with Gasteiger partial charge >= 0.3 is 0 Å². The van der Waals surface area contributed by atoms with Crippen molar-refractivity contribution in [3.05, 3.63) is 53.6 Å². The molecule has 1 heterocycles. The summed E-state index contributed by atoms with van der Waals surface area (Å²) in [5, 5.41) is 0. The van der Waals surface area contributed by atoms with Crippen molar-refractivity contribution >= 4 is 10.0 Å². The Morgan fingerprint density at radius 1 is 1.30 bits per heavy atom. The van der Waals surface area contributed by atoms with E-state index in [-0.39, 0.29) is 17.5 Å². The Morgan fingerprint density at radius 2 is 2.00 bits per heavy atom. The first kappa shape index (κ1) is 17.7. The maximum Gasteiger partial charge on any atom is 0.240 e. The molecule has 0 bridgehead atoms. The summed E-state index contributed by atoms with van der Waals surface area (Å²) in [5.41, 5.74) is 1.31. The van der Waals surface area contributed by atoms with Crippen LogP contribution in [0.15, 0.2) is 41.4 Å². The Hall–Kier alpha value is -1.70. The standard InChI is InChI=1S/C16H22FN3O2S/c1-12-10-13(7-8-14(12)17)23(21,22)18-11-16(19(2)3)15-6-5-9-20(15)4/h5-10,16,18H,11H2,1-4H3. The first-order valence-electron chi connectivity index (χ1n) is 7.26. The summed E-state index contributed by atoms with van der Waals surface area (Å²) in [7, 11) is 2.03. The molecular formula is C16H22FN3O2S. The van der Waals surface area contributed by atoms with Gasteiger partial charge < -0.3 is 4.57 Å². The maximum atomic E-state index is 13.3. The van der Waals surface area contributed by atoms with Crippen molar-refractivity contribution < 1.29 is 12.8 Å². The van der Waals surface area contributed by atoms with Gasteiger partial charge in [0.25, 0.3) is 0 Å². The monoisotopic (exact) mass is 339 g/mol. The highest BCUT2D eigenvalue weighted by molar-refractivity contribution is 7.89. The third kappa shape index (κ3) is 3.99. The first-order valence-corrected chi connectivity index (χ1v) is 8.74. The van der Waals surface area contributed by atoms with Gasteiger partial charge in [0, 0.05) is 25.5 Å². The summed E-state index contributed by atoms with van der Waals surface area (Å²) in [6.07, 6.45) is 1.92. The zero-order valence-electron chi connectivity index (χ0n) is 13.7. The van der Waals surface area contributed by atoms with E-state index in [1.165, 1.54) is 18.2 Å². The normalized spacial score (nSPS) is 13.5. The number of aromatic nitrogens is 1. The van der Waals surface area contributed by atoms with Crippen LogP contribution in [0.2, 0.25) is 0 Å². The molecule has 126 valence electrons. The molecule has 0 saturated carbocycles. The van der Waals surface area contributed by atoms with Crippen LogP contribution in [-0.2, 0) is 17.1 Å². The average molecular weight is 339 g/mol. The minimum absolute atomic E-state index is 0.0702.